The van der Waals surface area contributed by atoms with E-state index in [1.54, 1.807) is 18.5 Å². The number of hydrogen-bond donors (Lipinski definition) is 11. The molecule has 3 heterocycles. The molecule has 17 heteroatoms. The number of aromatic hydroxyl groups is 2. The Morgan fingerprint density at radius 2 is 1.77 bits per heavy atom. The van der Waals surface area contributed by atoms with Crippen LogP contribution in [-0.2, 0) is 19.7 Å². The molecule has 4 aliphatic rings. The maximum Gasteiger partial charge on any atom is 0.355 e. The highest BCUT2D eigenvalue weighted by atomic mass is 16.8. The highest BCUT2D eigenvalue weighted by molar-refractivity contribution is 6.10. The van der Waals surface area contributed by atoms with E-state index in [2.05, 4.69) is 9.97 Å². The summed E-state index contributed by atoms with van der Waals surface area (Å²) in [7, 11) is 0. The van der Waals surface area contributed by atoms with Crippen LogP contribution in [0.2, 0.25) is 0 Å². The average molecular weight is 857 g/mol. The number of nitrogens with two attached hydrogens (primary N) is 1. The predicted octanol–water partition coefficient (Wildman–Crippen LogP) is 2.00. The second-order valence-electron chi connectivity index (χ2n) is 17.1. The van der Waals surface area contributed by atoms with Gasteiger partial charge in [-0.3, -0.25) is 9.69 Å². The van der Waals surface area contributed by atoms with Crippen LogP contribution in [0.3, 0.4) is 0 Å². The molecule has 0 bridgehead atoms. The molecule has 2 aliphatic carbocycles. The number of H-pyrrole nitrogens is 1. The lowest BCUT2D eigenvalue weighted by Crippen LogP contribution is -2.67. The number of aliphatic carboxylic acids is 1. The summed E-state index contributed by atoms with van der Waals surface area (Å²) in [4.78, 5) is 36.9. The number of nitrogens with one attached hydrogen (secondary N) is 1. The van der Waals surface area contributed by atoms with Gasteiger partial charge in [0.1, 0.15) is 30.1 Å². The number of carbonyl (C=O) groups excluding carboxylic acids is 1. The summed E-state index contributed by atoms with van der Waals surface area (Å²) in [5, 5.41) is 96.2. The Labute approximate surface area is 356 Å². The van der Waals surface area contributed by atoms with Crippen molar-refractivity contribution >= 4 is 23.6 Å². The molecule has 2 aliphatic heterocycles. The molecule has 4 aromatic rings. The van der Waals surface area contributed by atoms with Gasteiger partial charge in [-0.15, -0.1) is 0 Å². The maximum atomic E-state index is 14.6. The van der Waals surface area contributed by atoms with Crippen LogP contribution in [0.1, 0.15) is 90.4 Å². The summed E-state index contributed by atoms with van der Waals surface area (Å²) in [5.41, 5.74) is 9.91. The van der Waals surface area contributed by atoms with Crippen LogP contribution < -0.4 is 15.4 Å². The molecular formula is C45H52N4O13. The number of phenols is 2. The van der Waals surface area contributed by atoms with Gasteiger partial charge in [-0.25, -0.2) is 9.78 Å². The van der Waals surface area contributed by atoms with Gasteiger partial charge in [-0.2, -0.15) is 0 Å². The molecule has 62 heavy (non-hydrogen) atoms. The van der Waals surface area contributed by atoms with Gasteiger partial charge >= 0.3 is 11.9 Å². The lowest BCUT2D eigenvalue weighted by Gasteiger charge is -2.44. The number of aromatic amines is 1. The Kier molecular flexibility index (Phi) is 11.7. The summed E-state index contributed by atoms with van der Waals surface area (Å²) in [5.74, 6) is -7.95. The van der Waals surface area contributed by atoms with Gasteiger partial charge in [0.2, 0.25) is 0 Å². The standard InChI is InChI=1S/C45H52N4O13/c1-22-24(19-50)15-28(38-37(22)47-21-48-38)27-14-23(9-11-31(27)52)10-12-36(54)49-30-17-33(61-45(60)42(57)41(56)40(55)34(20-51)62-45)32(53)16-26(30)29(39(49)43(58)59)18-44(13-5-8-35(44)46)25-6-3-2-4-7-25/h2-4,6-7,9-12,14,16-17,21-22,24,28-29,34-35,39-42,50-53,55-57,60H,5,8,13,15,18-20,46H2,1H3,(H,47,48)(H,58,59). The van der Waals surface area contributed by atoms with Crippen LogP contribution in [0.15, 0.2) is 73.1 Å². The van der Waals surface area contributed by atoms with Crippen molar-refractivity contribution in [3.05, 3.63) is 107 Å². The number of aromatic nitrogens is 2. The highest BCUT2D eigenvalue weighted by Crippen LogP contribution is 2.55. The lowest BCUT2D eigenvalue weighted by molar-refractivity contribution is -0.422. The molecule has 0 radical (unpaired) electrons. The Morgan fingerprint density at radius 3 is 2.45 bits per heavy atom. The van der Waals surface area contributed by atoms with Crippen molar-refractivity contribution in [2.75, 3.05) is 18.1 Å². The molecule has 3 aromatic carbocycles. The fraction of sp³-hybridized carbons (Fsp3) is 0.444. The number of phenolic OH excluding ortho intramolecular Hbond substituents is 2. The van der Waals surface area contributed by atoms with Gasteiger partial charge in [-0.1, -0.05) is 49.7 Å². The molecule has 12 atom stereocenters. The van der Waals surface area contributed by atoms with Gasteiger partial charge in [0.25, 0.3) is 5.91 Å². The second kappa shape index (κ2) is 16.7. The smallest absolute Gasteiger partial charge is 0.355 e. The van der Waals surface area contributed by atoms with Crippen LogP contribution in [0.5, 0.6) is 17.2 Å². The van der Waals surface area contributed by atoms with E-state index in [-0.39, 0.29) is 53.8 Å². The van der Waals surface area contributed by atoms with E-state index in [4.69, 9.17) is 15.2 Å². The van der Waals surface area contributed by atoms with Crippen molar-refractivity contribution in [2.45, 2.75) is 105 Å². The molecule has 0 spiro atoms. The molecular weight excluding hydrogens is 805 g/mol. The zero-order valence-corrected chi connectivity index (χ0v) is 33.9. The molecule has 1 amide bonds. The third kappa shape index (κ3) is 7.31. The number of rotatable bonds is 11. The molecule has 1 saturated heterocycles. The van der Waals surface area contributed by atoms with Crippen molar-refractivity contribution in [1.29, 1.82) is 0 Å². The topological polar surface area (TPSA) is 293 Å². The van der Waals surface area contributed by atoms with Crippen LogP contribution in [0.25, 0.3) is 6.08 Å². The summed E-state index contributed by atoms with van der Waals surface area (Å²) >= 11 is 0. The number of benzene rings is 3. The first-order valence-corrected chi connectivity index (χ1v) is 20.8. The van der Waals surface area contributed by atoms with E-state index in [0.717, 1.165) is 34.3 Å². The fourth-order valence-electron chi connectivity index (χ4n) is 10.3. The van der Waals surface area contributed by atoms with E-state index < -0.39 is 77.7 Å². The van der Waals surface area contributed by atoms with Crippen molar-refractivity contribution in [3.8, 4) is 17.2 Å². The number of hydrogen-bond acceptors (Lipinski definition) is 14. The number of nitrogens with zero attached hydrogens (tertiary/aromatic N) is 2. The van der Waals surface area contributed by atoms with Gasteiger partial charge < -0.3 is 66.2 Å². The predicted molar refractivity (Wildman–Crippen MR) is 221 cm³/mol. The largest absolute Gasteiger partial charge is 0.508 e. The van der Waals surface area contributed by atoms with Crippen LogP contribution in [0.4, 0.5) is 5.69 Å². The second-order valence-corrected chi connectivity index (χ2v) is 17.1. The summed E-state index contributed by atoms with van der Waals surface area (Å²) in [6.45, 7) is 1.01. The number of imidazole rings is 1. The molecule has 2 fully saturated rings. The SMILES string of the molecule is CC1c2nc[nH]c2C(c2cc(C=CC(=O)N3c4cc(OC5(O)OC(CO)C(O)C(O)C5O)c(O)cc4C(CC4(c5ccccc5)CCCC4N)C3C(=O)O)ccc2O)CC1CO. The molecule has 8 rings (SSSR count). The third-order valence-electron chi connectivity index (χ3n) is 13.7. The maximum absolute atomic E-state index is 14.6. The molecule has 12 unspecified atom stereocenters. The number of ether oxygens (including phenoxy) is 2. The van der Waals surface area contributed by atoms with E-state index >= 15 is 0 Å². The van der Waals surface area contributed by atoms with E-state index in [9.17, 15) is 55.5 Å². The minimum atomic E-state index is -3.13. The van der Waals surface area contributed by atoms with Gasteiger partial charge in [0.05, 0.1) is 24.3 Å². The normalized spacial score (nSPS) is 33.1. The first-order chi connectivity index (χ1) is 29.6. The quantitative estimate of drug-likeness (QED) is 0.0760. The number of anilines is 1. The first kappa shape index (κ1) is 43.3. The minimum Gasteiger partial charge on any atom is -0.508 e. The monoisotopic (exact) mass is 856 g/mol. The molecule has 1 saturated carbocycles. The Balaban J connectivity index is 1.19. The van der Waals surface area contributed by atoms with E-state index in [1.165, 1.54) is 24.3 Å². The van der Waals surface area contributed by atoms with Crippen LogP contribution in [0, 0.1) is 5.92 Å². The molecule has 17 nitrogen and oxygen atoms in total. The minimum absolute atomic E-state index is 0.00150. The number of aliphatic hydroxyl groups is 6. The average Bonchev–Trinajstić information content (AvgIpc) is 3.99. The molecule has 12 N–H and O–H groups in total. The number of carbonyl (C=O) groups is 2. The first-order valence-electron chi connectivity index (χ1n) is 20.8. The number of carboxylic acid groups (broad SMARTS) is 1. The fourth-order valence-corrected chi connectivity index (χ4v) is 10.3. The van der Waals surface area contributed by atoms with E-state index in [0.29, 0.717) is 30.4 Å². The summed E-state index contributed by atoms with van der Waals surface area (Å²) in [6, 6.07) is 14.7. The van der Waals surface area contributed by atoms with Crippen molar-refractivity contribution in [1.82, 2.24) is 9.97 Å². The number of aliphatic hydroxyl groups excluding tert-OH is 5. The van der Waals surface area contributed by atoms with Gasteiger partial charge in [0.15, 0.2) is 17.6 Å². The van der Waals surface area contributed by atoms with Crippen LogP contribution >= 0.6 is 0 Å². The van der Waals surface area contributed by atoms with Crippen molar-refractivity contribution in [3.63, 3.8) is 0 Å². The Morgan fingerprint density at radius 1 is 1.02 bits per heavy atom. The van der Waals surface area contributed by atoms with Crippen molar-refractivity contribution in [2.24, 2.45) is 11.7 Å². The zero-order valence-electron chi connectivity index (χ0n) is 33.9. The number of amides is 1. The Bertz CT molecular complexity index is 2340. The zero-order chi connectivity index (χ0) is 44.2. The summed E-state index contributed by atoms with van der Waals surface area (Å²) in [6.07, 6.45) is -0.830. The third-order valence-corrected chi connectivity index (χ3v) is 13.7. The van der Waals surface area contributed by atoms with Crippen LogP contribution in [-0.4, -0.2) is 123 Å². The number of fused-ring (bicyclic) bond motifs is 2. The number of carboxylic acids is 1. The molecule has 330 valence electrons. The van der Waals surface area contributed by atoms with Gasteiger partial charge in [-0.05, 0) is 72.6 Å². The molecule has 1 aromatic heterocycles. The van der Waals surface area contributed by atoms with E-state index in [1.807, 2.05) is 37.3 Å². The van der Waals surface area contributed by atoms with Crippen molar-refractivity contribution < 1.29 is 65.0 Å². The highest BCUT2D eigenvalue weighted by Gasteiger charge is 2.56. The van der Waals surface area contributed by atoms with Gasteiger partial charge in [0, 0.05) is 59.2 Å². The Hall–Kier alpha value is -5.37. The lowest BCUT2D eigenvalue weighted by atomic mass is 9.68. The summed E-state index contributed by atoms with van der Waals surface area (Å²) < 4.78 is 10.9.